The van der Waals surface area contributed by atoms with E-state index in [4.69, 9.17) is 4.74 Å². The van der Waals surface area contributed by atoms with E-state index in [1.165, 1.54) is 6.07 Å². The van der Waals surface area contributed by atoms with E-state index in [0.29, 0.717) is 5.56 Å². The maximum absolute atomic E-state index is 14.5. The minimum absolute atomic E-state index is 0.226. The molecular formula is C24H30FN3O2. The number of para-hydroxylation sites is 1. The molecule has 6 heteroatoms. The van der Waals surface area contributed by atoms with Gasteiger partial charge in [-0.2, -0.15) is 0 Å². The second-order valence-corrected chi connectivity index (χ2v) is 8.43. The maximum atomic E-state index is 14.5. The van der Waals surface area contributed by atoms with Gasteiger partial charge in [-0.15, -0.1) is 0 Å². The second-order valence-electron chi connectivity index (χ2n) is 8.43. The average molecular weight is 412 g/mol. The van der Waals surface area contributed by atoms with Crippen molar-refractivity contribution in [1.82, 2.24) is 4.90 Å². The van der Waals surface area contributed by atoms with Gasteiger partial charge in [-0.1, -0.05) is 18.2 Å². The van der Waals surface area contributed by atoms with Crippen LogP contribution in [0.15, 0.2) is 42.5 Å². The molecule has 2 aliphatic heterocycles. The van der Waals surface area contributed by atoms with Crippen molar-refractivity contribution in [2.45, 2.75) is 45.4 Å². The van der Waals surface area contributed by atoms with Crippen molar-refractivity contribution in [3.63, 3.8) is 0 Å². The molecule has 4 rings (SSSR count). The van der Waals surface area contributed by atoms with Crippen molar-refractivity contribution < 1.29 is 13.9 Å². The highest BCUT2D eigenvalue weighted by molar-refractivity contribution is 6.06. The summed E-state index contributed by atoms with van der Waals surface area (Å²) in [6.07, 6.45) is 2.63. The van der Waals surface area contributed by atoms with E-state index in [1.807, 2.05) is 30.3 Å². The zero-order valence-electron chi connectivity index (χ0n) is 17.7. The van der Waals surface area contributed by atoms with E-state index in [-0.39, 0.29) is 23.8 Å². The molecule has 2 heterocycles. The van der Waals surface area contributed by atoms with E-state index in [9.17, 15) is 9.18 Å². The molecule has 1 N–H and O–H groups in total. The summed E-state index contributed by atoms with van der Waals surface area (Å²) in [5, 5.41) is 2.80. The lowest BCUT2D eigenvalue weighted by Gasteiger charge is -2.35. The molecule has 2 aromatic rings. The van der Waals surface area contributed by atoms with Crippen LogP contribution < -0.4 is 10.2 Å². The summed E-state index contributed by atoms with van der Waals surface area (Å²) in [5.41, 5.74) is 2.70. The van der Waals surface area contributed by atoms with Gasteiger partial charge in [0.1, 0.15) is 11.5 Å². The molecule has 2 aliphatic rings. The predicted octanol–water partition coefficient (Wildman–Crippen LogP) is 4.29. The fourth-order valence-corrected chi connectivity index (χ4v) is 4.48. The number of hydrogen-bond donors (Lipinski definition) is 1. The van der Waals surface area contributed by atoms with E-state index in [2.05, 4.69) is 29.0 Å². The Kier molecular flexibility index (Phi) is 6.35. The number of benzene rings is 2. The second kappa shape index (κ2) is 9.14. The van der Waals surface area contributed by atoms with Crippen molar-refractivity contribution in [3.05, 3.63) is 59.4 Å². The Hall–Kier alpha value is -2.44. The van der Waals surface area contributed by atoms with Crippen LogP contribution in [0.4, 0.5) is 15.8 Å². The maximum Gasteiger partial charge on any atom is 0.255 e. The van der Waals surface area contributed by atoms with Crippen LogP contribution in [-0.4, -0.2) is 49.2 Å². The van der Waals surface area contributed by atoms with E-state index < -0.39 is 5.82 Å². The summed E-state index contributed by atoms with van der Waals surface area (Å²) in [6, 6.07) is 12.5. The number of ether oxygens (including phenoxy) is 1. The molecule has 30 heavy (non-hydrogen) atoms. The van der Waals surface area contributed by atoms with Crippen LogP contribution in [0.3, 0.4) is 0 Å². The van der Waals surface area contributed by atoms with Crippen molar-refractivity contribution >= 4 is 17.3 Å². The van der Waals surface area contributed by atoms with E-state index in [0.717, 1.165) is 56.8 Å². The molecule has 0 bridgehead atoms. The molecular weight excluding hydrogens is 381 g/mol. The van der Waals surface area contributed by atoms with Crippen molar-refractivity contribution in [2.24, 2.45) is 0 Å². The van der Waals surface area contributed by atoms with Crippen LogP contribution in [0.1, 0.15) is 42.6 Å². The van der Waals surface area contributed by atoms with Gasteiger partial charge in [-0.3, -0.25) is 9.69 Å². The Balaban J connectivity index is 1.43. The first kappa shape index (κ1) is 20.8. The van der Waals surface area contributed by atoms with Crippen LogP contribution >= 0.6 is 0 Å². The Bertz CT molecular complexity index is 871. The number of nitrogens with zero attached hydrogens (tertiary/aromatic N) is 2. The SMILES string of the molecule is CC1CN(Cc2ccc(C(=O)Nc3c(F)cccc3N3CCCC3)cc2)CC(C)O1. The number of halogens is 1. The van der Waals surface area contributed by atoms with Crippen LogP contribution in [-0.2, 0) is 11.3 Å². The van der Waals surface area contributed by atoms with E-state index in [1.54, 1.807) is 6.07 Å². The number of carbonyl (C=O) groups excluding carboxylic acids is 1. The number of nitrogens with one attached hydrogen (secondary N) is 1. The zero-order chi connectivity index (χ0) is 21.1. The molecule has 0 saturated carbocycles. The van der Waals surface area contributed by atoms with Gasteiger partial charge in [0.25, 0.3) is 5.91 Å². The molecule has 2 saturated heterocycles. The number of hydrogen-bond acceptors (Lipinski definition) is 4. The third-order valence-corrected chi connectivity index (χ3v) is 5.79. The molecule has 0 aromatic heterocycles. The molecule has 0 spiro atoms. The summed E-state index contributed by atoms with van der Waals surface area (Å²) in [4.78, 5) is 17.3. The van der Waals surface area contributed by atoms with Crippen LogP contribution in [0, 0.1) is 5.82 Å². The lowest BCUT2D eigenvalue weighted by molar-refractivity contribution is -0.0704. The normalized spacial score (nSPS) is 22.3. The first-order chi connectivity index (χ1) is 14.5. The third-order valence-electron chi connectivity index (χ3n) is 5.79. The smallest absolute Gasteiger partial charge is 0.255 e. The third kappa shape index (κ3) is 4.82. The number of rotatable bonds is 5. The van der Waals surface area contributed by atoms with Crippen LogP contribution in [0.2, 0.25) is 0 Å². The van der Waals surface area contributed by atoms with E-state index >= 15 is 0 Å². The van der Waals surface area contributed by atoms with Gasteiger partial charge in [0.15, 0.2) is 0 Å². The molecule has 2 fully saturated rings. The summed E-state index contributed by atoms with van der Waals surface area (Å²) in [6.45, 7) is 8.59. The molecule has 5 nitrogen and oxygen atoms in total. The lowest BCUT2D eigenvalue weighted by Crippen LogP contribution is -2.44. The molecule has 2 aromatic carbocycles. The molecule has 160 valence electrons. The summed E-state index contributed by atoms with van der Waals surface area (Å²) >= 11 is 0. The predicted molar refractivity (Wildman–Crippen MR) is 118 cm³/mol. The highest BCUT2D eigenvalue weighted by Crippen LogP contribution is 2.31. The Labute approximate surface area is 177 Å². The molecule has 0 radical (unpaired) electrons. The largest absolute Gasteiger partial charge is 0.373 e. The van der Waals surface area contributed by atoms with Gasteiger partial charge < -0.3 is 15.0 Å². The zero-order valence-corrected chi connectivity index (χ0v) is 17.7. The highest BCUT2D eigenvalue weighted by Gasteiger charge is 2.23. The molecule has 0 aliphatic carbocycles. The highest BCUT2D eigenvalue weighted by atomic mass is 19.1. The topological polar surface area (TPSA) is 44.8 Å². The Morgan fingerprint density at radius 1 is 1.07 bits per heavy atom. The number of morpholine rings is 1. The molecule has 2 atom stereocenters. The molecule has 2 unspecified atom stereocenters. The van der Waals surface area contributed by atoms with Gasteiger partial charge in [-0.05, 0) is 56.5 Å². The average Bonchev–Trinajstić information content (AvgIpc) is 3.24. The quantitative estimate of drug-likeness (QED) is 0.797. The lowest BCUT2D eigenvalue weighted by atomic mass is 10.1. The minimum atomic E-state index is -0.403. The number of carbonyl (C=O) groups is 1. The van der Waals surface area contributed by atoms with Crippen molar-refractivity contribution in [1.29, 1.82) is 0 Å². The first-order valence-corrected chi connectivity index (χ1v) is 10.8. The summed E-state index contributed by atoms with van der Waals surface area (Å²) < 4.78 is 20.3. The fourth-order valence-electron chi connectivity index (χ4n) is 4.48. The molecule has 1 amide bonds. The van der Waals surface area contributed by atoms with Gasteiger partial charge in [-0.25, -0.2) is 4.39 Å². The minimum Gasteiger partial charge on any atom is -0.373 e. The van der Waals surface area contributed by atoms with Gasteiger partial charge in [0, 0.05) is 38.3 Å². The van der Waals surface area contributed by atoms with Crippen LogP contribution in [0.5, 0.6) is 0 Å². The van der Waals surface area contributed by atoms with Gasteiger partial charge in [0.05, 0.1) is 17.9 Å². The monoisotopic (exact) mass is 411 g/mol. The van der Waals surface area contributed by atoms with Gasteiger partial charge >= 0.3 is 0 Å². The van der Waals surface area contributed by atoms with Crippen molar-refractivity contribution in [3.8, 4) is 0 Å². The summed E-state index contributed by atoms with van der Waals surface area (Å²) in [7, 11) is 0. The standard InChI is InChI=1S/C24H30FN3O2/c1-17-14-27(15-18(2)30-17)16-19-8-10-20(11-9-19)24(29)26-23-21(25)6-5-7-22(23)28-12-3-4-13-28/h5-11,17-18H,3-4,12-16H2,1-2H3,(H,26,29). The van der Waals surface area contributed by atoms with Crippen LogP contribution in [0.25, 0.3) is 0 Å². The first-order valence-electron chi connectivity index (χ1n) is 10.8. The van der Waals surface area contributed by atoms with Gasteiger partial charge in [0.2, 0.25) is 0 Å². The van der Waals surface area contributed by atoms with Crippen molar-refractivity contribution in [2.75, 3.05) is 36.4 Å². The summed E-state index contributed by atoms with van der Waals surface area (Å²) in [5.74, 6) is -0.694. The Morgan fingerprint density at radius 3 is 2.40 bits per heavy atom. The number of anilines is 2. The number of amides is 1. The fraction of sp³-hybridized carbons (Fsp3) is 0.458. The Morgan fingerprint density at radius 2 is 1.73 bits per heavy atom.